The second-order valence-electron chi connectivity index (χ2n) is 7.57. The van der Waals surface area contributed by atoms with Gasteiger partial charge in [-0.3, -0.25) is 14.5 Å². The van der Waals surface area contributed by atoms with E-state index in [0.717, 1.165) is 38.8 Å². The lowest BCUT2D eigenvalue weighted by Crippen LogP contribution is -2.57. The Kier molecular flexibility index (Phi) is 6.83. The number of carbonyl (C=O) groups is 2. The summed E-state index contributed by atoms with van der Waals surface area (Å²) in [5.41, 5.74) is 0.509. The minimum atomic E-state index is -0.290. The van der Waals surface area contributed by atoms with Crippen molar-refractivity contribution in [1.82, 2.24) is 15.1 Å². The lowest BCUT2D eigenvalue weighted by Gasteiger charge is -2.40. The van der Waals surface area contributed by atoms with Crippen LogP contribution in [0.4, 0.5) is 4.39 Å². The second-order valence-corrected chi connectivity index (χ2v) is 7.57. The molecule has 27 heavy (non-hydrogen) atoms. The van der Waals surface area contributed by atoms with Gasteiger partial charge in [-0.1, -0.05) is 38.0 Å². The maximum Gasteiger partial charge on any atom is 0.237 e. The van der Waals surface area contributed by atoms with Gasteiger partial charge in [-0.15, -0.1) is 0 Å². The van der Waals surface area contributed by atoms with Crippen molar-refractivity contribution in [1.29, 1.82) is 0 Å². The summed E-state index contributed by atoms with van der Waals surface area (Å²) in [7, 11) is 0. The van der Waals surface area contributed by atoms with Crippen LogP contribution in [0.15, 0.2) is 24.3 Å². The zero-order valence-electron chi connectivity index (χ0n) is 16.1. The number of rotatable bonds is 6. The van der Waals surface area contributed by atoms with Crippen molar-refractivity contribution < 1.29 is 14.0 Å². The predicted molar refractivity (Wildman–Crippen MR) is 102 cm³/mol. The van der Waals surface area contributed by atoms with E-state index in [1.807, 2.05) is 11.8 Å². The first kappa shape index (κ1) is 19.8. The smallest absolute Gasteiger partial charge is 0.237 e. The molecule has 2 aliphatic rings. The molecule has 1 aromatic carbocycles. The molecule has 1 N–H and O–H groups in total. The number of nitrogens with zero attached hydrogens (tertiary/aromatic N) is 2. The van der Waals surface area contributed by atoms with Crippen LogP contribution in [0.5, 0.6) is 0 Å². The summed E-state index contributed by atoms with van der Waals surface area (Å²) in [5.74, 6) is 0.220. The molecular weight excluding hydrogens is 345 g/mol. The molecule has 1 heterocycles. The highest BCUT2D eigenvalue weighted by atomic mass is 19.1. The van der Waals surface area contributed by atoms with Crippen LogP contribution < -0.4 is 5.32 Å². The number of piperazine rings is 1. The molecular formula is C21H30FN3O2. The molecule has 2 amide bonds. The molecule has 1 saturated carbocycles. The lowest BCUT2D eigenvalue weighted by atomic mass is 9.95. The van der Waals surface area contributed by atoms with Gasteiger partial charge in [-0.25, -0.2) is 4.39 Å². The molecule has 2 fully saturated rings. The van der Waals surface area contributed by atoms with Crippen molar-refractivity contribution in [3.8, 4) is 0 Å². The Morgan fingerprint density at radius 1 is 1.15 bits per heavy atom. The normalized spacial score (nSPS) is 19.9. The van der Waals surface area contributed by atoms with Crippen LogP contribution in [0.3, 0.4) is 0 Å². The highest BCUT2D eigenvalue weighted by Gasteiger charge is 2.37. The largest absolute Gasteiger partial charge is 0.351 e. The van der Waals surface area contributed by atoms with Crippen molar-refractivity contribution in [2.75, 3.05) is 26.2 Å². The monoisotopic (exact) mass is 375 g/mol. The number of hydrogen-bond acceptors (Lipinski definition) is 3. The predicted octanol–water partition coefficient (Wildman–Crippen LogP) is 2.55. The van der Waals surface area contributed by atoms with Gasteiger partial charge in [0.15, 0.2) is 0 Å². The molecule has 148 valence electrons. The summed E-state index contributed by atoms with van der Waals surface area (Å²) in [4.78, 5) is 29.1. The number of nitrogens with one attached hydrogen (secondary N) is 1. The summed E-state index contributed by atoms with van der Waals surface area (Å²) in [5, 5.41) is 2.96. The van der Waals surface area contributed by atoms with E-state index in [2.05, 4.69) is 10.2 Å². The molecule has 1 aliphatic carbocycles. The Balaban J connectivity index is 1.64. The molecule has 1 atom stereocenters. The van der Waals surface area contributed by atoms with Gasteiger partial charge in [0.2, 0.25) is 11.8 Å². The van der Waals surface area contributed by atoms with Crippen LogP contribution in [0.1, 0.15) is 44.6 Å². The molecule has 0 aromatic heterocycles. The minimum Gasteiger partial charge on any atom is -0.351 e. The van der Waals surface area contributed by atoms with Crippen molar-refractivity contribution in [2.45, 2.75) is 51.6 Å². The van der Waals surface area contributed by atoms with Crippen LogP contribution >= 0.6 is 0 Å². The molecule has 1 aromatic rings. The Hall–Kier alpha value is -1.95. The van der Waals surface area contributed by atoms with Crippen LogP contribution in [-0.4, -0.2) is 53.8 Å². The Morgan fingerprint density at radius 2 is 1.81 bits per heavy atom. The highest BCUT2D eigenvalue weighted by molar-refractivity contribution is 5.82. The summed E-state index contributed by atoms with van der Waals surface area (Å²) >= 11 is 0. The van der Waals surface area contributed by atoms with E-state index in [0.29, 0.717) is 31.0 Å². The molecule has 3 rings (SSSR count). The van der Waals surface area contributed by atoms with Gasteiger partial charge in [-0.2, -0.15) is 0 Å². The van der Waals surface area contributed by atoms with E-state index in [-0.39, 0.29) is 30.2 Å². The van der Waals surface area contributed by atoms with Gasteiger partial charge >= 0.3 is 0 Å². The van der Waals surface area contributed by atoms with Crippen molar-refractivity contribution in [3.05, 3.63) is 35.6 Å². The first-order valence-corrected chi connectivity index (χ1v) is 10.1. The third-order valence-corrected chi connectivity index (χ3v) is 5.89. The van der Waals surface area contributed by atoms with E-state index in [1.54, 1.807) is 18.2 Å². The van der Waals surface area contributed by atoms with Crippen molar-refractivity contribution in [3.63, 3.8) is 0 Å². The van der Waals surface area contributed by atoms with Gasteiger partial charge < -0.3 is 10.2 Å². The minimum absolute atomic E-state index is 0.0135. The summed E-state index contributed by atoms with van der Waals surface area (Å²) in [6.45, 7) is 4.89. The number of carbonyl (C=O) groups excluding carboxylic acids is 2. The zero-order valence-corrected chi connectivity index (χ0v) is 16.1. The second kappa shape index (κ2) is 9.31. The van der Waals surface area contributed by atoms with E-state index in [1.165, 1.54) is 6.07 Å². The summed E-state index contributed by atoms with van der Waals surface area (Å²) in [6.07, 6.45) is 4.97. The van der Waals surface area contributed by atoms with Gasteiger partial charge in [0, 0.05) is 44.7 Å². The maximum absolute atomic E-state index is 13.8. The average Bonchev–Trinajstić information content (AvgIpc) is 3.21. The third-order valence-electron chi connectivity index (χ3n) is 5.89. The lowest BCUT2D eigenvalue weighted by molar-refractivity contribution is -0.135. The zero-order chi connectivity index (χ0) is 19.2. The fourth-order valence-corrected chi connectivity index (χ4v) is 4.35. The third kappa shape index (κ3) is 4.86. The summed E-state index contributed by atoms with van der Waals surface area (Å²) < 4.78 is 13.8. The maximum atomic E-state index is 13.8. The topological polar surface area (TPSA) is 52.7 Å². The number of benzene rings is 1. The molecule has 5 nitrogen and oxygen atoms in total. The van der Waals surface area contributed by atoms with Crippen LogP contribution in [0.2, 0.25) is 0 Å². The highest BCUT2D eigenvalue weighted by Crippen LogP contribution is 2.31. The average molecular weight is 375 g/mol. The van der Waals surface area contributed by atoms with Crippen LogP contribution in [0.25, 0.3) is 0 Å². The molecule has 1 saturated heterocycles. The van der Waals surface area contributed by atoms with Gasteiger partial charge in [0.1, 0.15) is 5.82 Å². The van der Waals surface area contributed by atoms with E-state index >= 15 is 0 Å². The first-order valence-electron chi connectivity index (χ1n) is 10.1. The SMILES string of the molecule is CCC(=O)N1CCN(C(C(=O)NCc2ccccc2F)C2CCCC2)CC1. The fraction of sp³-hybridized carbons (Fsp3) is 0.619. The quantitative estimate of drug-likeness (QED) is 0.831. The Morgan fingerprint density at radius 3 is 2.44 bits per heavy atom. The van der Waals surface area contributed by atoms with E-state index < -0.39 is 0 Å². The molecule has 1 unspecified atom stereocenters. The Labute approximate surface area is 160 Å². The number of hydrogen-bond donors (Lipinski definition) is 1. The number of halogens is 1. The van der Waals surface area contributed by atoms with E-state index in [4.69, 9.17) is 0 Å². The molecule has 6 heteroatoms. The fourth-order valence-electron chi connectivity index (χ4n) is 4.35. The molecule has 1 aliphatic heterocycles. The van der Waals surface area contributed by atoms with Gasteiger partial charge in [-0.05, 0) is 24.8 Å². The standard InChI is InChI=1S/C21H30FN3O2/c1-2-19(26)24-11-13-25(14-12-24)20(16-7-3-4-8-16)21(27)23-15-17-9-5-6-10-18(17)22/h5-6,9-10,16,20H,2-4,7-8,11-15H2,1H3,(H,23,27). The molecule has 0 spiro atoms. The van der Waals surface area contributed by atoms with Gasteiger partial charge in [0.05, 0.1) is 6.04 Å². The summed E-state index contributed by atoms with van der Waals surface area (Å²) in [6, 6.07) is 6.37. The molecule has 0 bridgehead atoms. The van der Waals surface area contributed by atoms with Crippen molar-refractivity contribution >= 4 is 11.8 Å². The van der Waals surface area contributed by atoms with Crippen LogP contribution in [-0.2, 0) is 16.1 Å². The van der Waals surface area contributed by atoms with Crippen molar-refractivity contribution in [2.24, 2.45) is 5.92 Å². The molecule has 0 radical (unpaired) electrons. The van der Waals surface area contributed by atoms with E-state index in [9.17, 15) is 14.0 Å². The van der Waals surface area contributed by atoms with Gasteiger partial charge in [0.25, 0.3) is 0 Å². The first-order chi connectivity index (χ1) is 13.1. The Bertz CT molecular complexity index is 653. The number of amides is 2. The van der Waals surface area contributed by atoms with Crippen LogP contribution in [0, 0.1) is 11.7 Å².